The van der Waals surface area contributed by atoms with Crippen molar-refractivity contribution in [2.45, 2.75) is 13.8 Å². The van der Waals surface area contributed by atoms with Crippen molar-refractivity contribution in [3.63, 3.8) is 0 Å². The fraction of sp³-hybridized carbons (Fsp3) is 0.0909. The van der Waals surface area contributed by atoms with Gasteiger partial charge >= 0.3 is 0 Å². The van der Waals surface area contributed by atoms with Gasteiger partial charge in [0.25, 0.3) is 0 Å². The predicted octanol–water partition coefficient (Wildman–Crippen LogP) is 5.41. The van der Waals surface area contributed by atoms with Crippen LogP contribution in [0.25, 0.3) is 10.8 Å². The molecule has 2 N–H and O–H groups in total. The third kappa shape index (κ3) is 3.53. The Hall–Kier alpha value is -3.60. The Balaban J connectivity index is 1.61. The Kier molecular flexibility index (Phi) is 4.34. The molecule has 0 atom stereocenters. The Morgan fingerprint density at radius 1 is 0.704 bits per heavy atom. The lowest BCUT2D eigenvalue weighted by molar-refractivity contribution is 0.438. The van der Waals surface area contributed by atoms with Crippen LogP contribution in [0, 0.1) is 13.8 Å². The number of nitrogens with zero attached hydrogens (tertiary/aromatic N) is 2. The van der Waals surface area contributed by atoms with Gasteiger partial charge < -0.3 is 15.2 Å². The molecule has 0 aliphatic rings. The molecule has 0 radical (unpaired) electrons. The van der Waals surface area contributed by atoms with Gasteiger partial charge in [-0.2, -0.15) is 9.97 Å². The molecule has 0 spiro atoms. The minimum atomic E-state index is 0.254. The van der Waals surface area contributed by atoms with Crippen molar-refractivity contribution in [1.29, 1.82) is 0 Å². The second-order valence-electron chi connectivity index (χ2n) is 6.36. The number of anilines is 1. The molecule has 0 aliphatic carbocycles. The number of rotatable bonds is 4. The van der Waals surface area contributed by atoms with Crippen molar-refractivity contribution >= 4 is 16.5 Å². The van der Waals surface area contributed by atoms with E-state index < -0.39 is 0 Å². The van der Waals surface area contributed by atoms with Gasteiger partial charge in [0, 0.05) is 0 Å². The van der Waals surface area contributed by atoms with Gasteiger partial charge in [0.15, 0.2) is 5.69 Å². The molecule has 0 bridgehead atoms. The van der Waals surface area contributed by atoms with E-state index >= 15 is 0 Å². The molecule has 4 rings (SSSR count). The van der Waals surface area contributed by atoms with E-state index in [2.05, 4.69) is 9.97 Å². The van der Waals surface area contributed by atoms with Crippen LogP contribution in [0.3, 0.4) is 0 Å². The lowest BCUT2D eigenvalue weighted by atomic mass is 10.1. The highest BCUT2D eigenvalue weighted by atomic mass is 16.5. The van der Waals surface area contributed by atoms with E-state index in [0.29, 0.717) is 11.5 Å². The van der Waals surface area contributed by atoms with Crippen LogP contribution in [0.1, 0.15) is 11.1 Å². The Bertz CT molecular complexity index is 1130. The number of nitrogens with two attached hydrogens (primary N) is 1. The maximum absolute atomic E-state index is 6.18. The molecule has 0 saturated heterocycles. The van der Waals surface area contributed by atoms with Crippen molar-refractivity contribution in [1.82, 2.24) is 9.97 Å². The highest BCUT2D eigenvalue weighted by molar-refractivity contribution is 5.83. The predicted molar refractivity (Wildman–Crippen MR) is 106 cm³/mol. The first kappa shape index (κ1) is 16.8. The van der Waals surface area contributed by atoms with Crippen LogP contribution in [0.5, 0.6) is 23.3 Å². The number of hydrogen-bond donors (Lipinski definition) is 1. The lowest BCUT2D eigenvalue weighted by Gasteiger charge is -2.12. The number of fused-ring (bicyclic) bond motifs is 1. The minimum Gasteiger partial charge on any atom is -0.437 e. The second kappa shape index (κ2) is 6.96. The molecule has 0 aliphatic heterocycles. The van der Waals surface area contributed by atoms with Gasteiger partial charge in [0.2, 0.25) is 11.8 Å². The molecule has 4 aromatic rings. The van der Waals surface area contributed by atoms with E-state index in [0.717, 1.165) is 16.3 Å². The van der Waals surface area contributed by atoms with E-state index in [4.69, 9.17) is 15.2 Å². The SMILES string of the molecule is Cc1ccc(Oc2ncnc(Oc3ccc4ccccc4c3)c2N)cc1C. The van der Waals surface area contributed by atoms with E-state index in [1.807, 2.05) is 74.5 Å². The van der Waals surface area contributed by atoms with Crippen LogP contribution in [0.2, 0.25) is 0 Å². The van der Waals surface area contributed by atoms with Gasteiger partial charge in [-0.15, -0.1) is 0 Å². The van der Waals surface area contributed by atoms with Gasteiger partial charge in [-0.25, -0.2) is 0 Å². The number of nitrogen functional groups attached to an aromatic ring is 1. The molecule has 134 valence electrons. The molecular weight excluding hydrogens is 338 g/mol. The smallest absolute Gasteiger partial charge is 0.249 e. The zero-order valence-corrected chi connectivity index (χ0v) is 15.1. The number of ether oxygens (including phenoxy) is 2. The van der Waals surface area contributed by atoms with Crippen molar-refractivity contribution < 1.29 is 9.47 Å². The fourth-order valence-electron chi connectivity index (χ4n) is 2.76. The summed E-state index contributed by atoms with van der Waals surface area (Å²) in [7, 11) is 0. The van der Waals surface area contributed by atoms with Crippen LogP contribution >= 0.6 is 0 Å². The Labute approximate surface area is 157 Å². The lowest BCUT2D eigenvalue weighted by Crippen LogP contribution is -2.00. The quantitative estimate of drug-likeness (QED) is 0.528. The molecule has 5 nitrogen and oxygen atoms in total. The second-order valence-corrected chi connectivity index (χ2v) is 6.36. The zero-order valence-electron chi connectivity index (χ0n) is 15.1. The van der Waals surface area contributed by atoms with Crippen LogP contribution in [0.15, 0.2) is 67.0 Å². The molecule has 1 heterocycles. The topological polar surface area (TPSA) is 70.3 Å². The number of hydrogen-bond acceptors (Lipinski definition) is 5. The van der Waals surface area contributed by atoms with E-state index in [1.165, 1.54) is 11.9 Å². The van der Waals surface area contributed by atoms with Crippen LogP contribution in [-0.4, -0.2) is 9.97 Å². The summed E-state index contributed by atoms with van der Waals surface area (Å²) in [6.45, 7) is 4.08. The summed E-state index contributed by atoms with van der Waals surface area (Å²) in [4.78, 5) is 8.29. The number of aromatic nitrogens is 2. The first-order valence-electron chi connectivity index (χ1n) is 8.62. The summed E-state index contributed by atoms with van der Waals surface area (Å²) in [5.41, 5.74) is 8.76. The van der Waals surface area contributed by atoms with Crippen molar-refractivity contribution in [3.05, 3.63) is 78.1 Å². The molecule has 27 heavy (non-hydrogen) atoms. The molecular formula is C22H19N3O2. The summed E-state index contributed by atoms with van der Waals surface area (Å²) >= 11 is 0. The Morgan fingerprint density at radius 2 is 1.33 bits per heavy atom. The van der Waals surface area contributed by atoms with Gasteiger partial charge in [-0.1, -0.05) is 36.4 Å². The first-order chi connectivity index (χ1) is 13.1. The molecule has 0 unspecified atom stereocenters. The van der Waals surface area contributed by atoms with Gasteiger partial charge in [0.05, 0.1) is 0 Å². The average molecular weight is 357 g/mol. The van der Waals surface area contributed by atoms with Gasteiger partial charge in [-0.05, 0) is 60.0 Å². The third-order valence-electron chi connectivity index (χ3n) is 4.44. The number of aryl methyl sites for hydroxylation is 2. The van der Waals surface area contributed by atoms with Crippen LogP contribution < -0.4 is 15.2 Å². The summed E-state index contributed by atoms with van der Waals surface area (Å²) in [5, 5.41) is 2.22. The summed E-state index contributed by atoms with van der Waals surface area (Å²) in [6, 6.07) is 19.7. The van der Waals surface area contributed by atoms with Crippen molar-refractivity contribution in [3.8, 4) is 23.3 Å². The highest BCUT2D eigenvalue weighted by Gasteiger charge is 2.13. The van der Waals surface area contributed by atoms with Crippen LogP contribution in [0.4, 0.5) is 5.69 Å². The summed E-state index contributed by atoms with van der Waals surface area (Å²) in [6.07, 6.45) is 1.38. The highest BCUT2D eigenvalue weighted by Crippen LogP contribution is 2.34. The zero-order chi connectivity index (χ0) is 18.8. The fourth-order valence-corrected chi connectivity index (χ4v) is 2.76. The van der Waals surface area contributed by atoms with Gasteiger partial charge in [0.1, 0.15) is 17.8 Å². The maximum atomic E-state index is 6.18. The maximum Gasteiger partial charge on any atom is 0.249 e. The summed E-state index contributed by atoms with van der Waals surface area (Å²) in [5.74, 6) is 1.85. The van der Waals surface area contributed by atoms with E-state index in [9.17, 15) is 0 Å². The van der Waals surface area contributed by atoms with Crippen molar-refractivity contribution in [2.75, 3.05) is 5.73 Å². The van der Waals surface area contributed by atoms with E-state index in [1.54, 1.807) is 0 Å². The normalized spacial score (nSPS) is 10.7. The summed E-state index contributed by atoms with van der Waals surface area (Å²) < 4.78 is 11.7. The monoisotopic (exact) mass is 357 g/mol. The molecule has 3 aromatic carbocycles. The molecule has 0 fully saturated rings. The van der Waals surface area contributed by atoms with E-state index in [-0.39, 0.29) is 17.4 Å². The largest absolute Gasteiger partial charge is 0.437 e. The minimum absolute atomic E-state index is 0.254. The average Bonchev–Trinajstić information content (AvgIpc) is 2.68. The molecule has 0 saturated carbocycles. The Morgan fingerprint density at radius 3 is 2.04 bits per heavy atom. The van der Waals surface area contributed by atoms with Gasteiger partial charge in [-0.3, -0.25) is 0 Å². The number of benzene rings is 3. The molecule has 5 heteroatoms. The van der Waals surface area contributed by atoms with Crippen LogP contribution in [-0.2, 0) is 0 Å². The van der Waals surface area contributed by atoms with Crippen molar-refractivity contribution in [2.24, 2.45) is 0 Å². The molecule has 1 aromatic heterocycles. The standard InChI is InChI=1S/C22H19N3O2/c1-14-7-9-18(11-15(14)2)26-21-20(23)22(25-13-24-21)27-19-10-8-16-5-3-4-6-17(16)12-19/h3-13H,23H2,1-2H3. The first-order valence-corrected chi connectivity index (χ1v) is 8.62. The molecule has 0 amide bonds. The third-order valence-corrected chi connectivity index (χ3v) is 4.44.